The Kier molecular flexibility index (Phi) is 7.14. The Morgan fingerprint density at radius 3 is 2.53 bits per heavy atom. The highest BCUT2D eigenvalue weighted by Gasteiger charge is 2.30. The van der Waals surface area contributed by atoms with E-state index < -0.39 is 33.2 Å². The summed E-state index contributed by atoms with van der Waals surface area (Å²) in [5.74, 6) is -1.19. The molecule has 0 aliphatic carbocycles. The molecular formula is C20H17Cl2FN2O4S. The second-order valence-corrected chi connectivity index (χ2v) is 9.05. The highest BCUT2D eigenvalue weighted by molar-refractivity contribution is 7.89. The molecule has 1 N–H and O–H groups in total. The van der Waals surface area contributed by atoms with Gasteiger partial charge in [-0.05, 0) is 42.0 Å². The Morgan fingerprint density at radius 2 is 1.87 bits per heavy atom. The smallest absolute Gasteiger partial charge is 0.246 e. The molecule has 10 heteroatoms. The fourth-order valence-corrected chi connectivity index (χ4v) is 4.57. The van der Waals surface area contributed by atoms with Crippen molar-refractivity contribution in [2.24, 2.45) is 0 Å². The number of rotatable bonds is 8. The zero-order valence-corrected chi connectivity index (χ0v) is 17.8. The van der Waals surface area contributed by atoms with Crippen LogP contribution in [0.15, 0.2) is 70.2 Å². The third-order valence-corrected chi connectivity index (χ3v) is 6.59. The molecule has 3 rings (SSSR count). The maximum atomic E-state index is 14.2. The van der Waals surface area contributed by atoms with Crippen LogP contribution in [0.4, 0.5) is 4.39 Å². The number of carbonyl (C=O) groups excluding carboxylic acids is 1. The number of amides is 1. The van der Waals surface area contributed by atoms with E-state index in [9.17, 15) is 17.6 Å². The van der Waals surface area contributed by atoms with E-state index >= 15 is 0 Å². The Bertz CT molecular complexity index is 1140. The van der Waals surface area contributed by atoms with Crippen molar-refractivity contribution >= 4 is 39.1 Å². The normalized spacial score (nSPS) is 11.6. The quantitative estimate of drug-likeness (QED) is 0.533. The number of furan rings is 1. The van der Waals surface area contributed by atoms with Gasteiger partial charge in [0.1, 0.15) is 16.5 Å². The summed E-state index contributed by atoms with van der Waals surface area (Å²) in [7, 11) is -4.31. The number of sulfonamides is 1. The highest BCUT2D eigenvalue weighted by atomic mass is 35.5. The molecule has 1 heterocycles. The van der Waals surface area contributed by atoms with Crippen molar-refractivity contribution < 1.29 is 22.0 Å². The van der Waals surface area contributed by atoms with Crippen molar-refractivity contribution in [1.29, 1.82) is 0 Å². The average molecular weight is 471 g/mol. The van der Waals surface area contributed by atoms with E-state index in [1.807, 2.05) is 0 Å². The number of benzene rings is 2. The predicted octanol–water partition coefficient (Wildman–Crippen LogP) is 4.23. The van der Waals surface area contributed by atoms with Gasteiger partial charge in [0.25, 0.3) is 0 Å². The Balaban J connectivity index is 1.78. The molecule has 6 nitrogen and oxygen atoms in total. The predicted molar refractivity (Wildman–Crippen MR) is 111 cm³/mol. The molecule has 0 spiro atoms. The second kappa shape index (κ2) is 9.61. The van der Waals surface area contributed by atoms with E-state index in [1.165, 1.54) is 24.5 Å². The Morgan fingerprint density at radius 1 is 1.10 bits per heavy atom. The molecule has 0 saturated carbocycles. The van der Waals surface area contributed by atoms with Crippen LogP contribution in [-0.2, 0) is 27.9 Å². The third kappa shape index (κ3) is 5.40. The van der Waals surface area contributed by atoms with Crippen LogP contribution in [0.1, 0.15) is 11.3 Å². The Labute approximate surface area is 183 Å². The minimum Gasteiger partial charge on any atom is -0.468 e. The highest BCUT2D eigenvalue weighted by Crippen LogP contribution is 2.22. The largest absolute Gasteiger partial charge is 0.468 e. The summed E-state index contributed by atoms with van der Waals surface area (Å²) < 4.78 is 46.2. The molecule has 158 valence electrons. The van der Waals surface area contributed by atoms with Gasteiger partial charge < -0.3 is 9.73 Å². The lowest BCUT2D eigenvalue weighted by molar-refractivity contribution is -0.121. The molecular weight excluding hydrogens is 454 g/mol. The molecule has 1 amide bonds. The van der Waals surface area contributed by atoms with Crippen molar-refractivity contribution in [3.05, 3.63) is 88.0 Å². The molecule has 0 fully saturated rings. The molecule has 0 aliphatic rings. The van der Waals surface area contributed by atoms with Gasteiger partial charge >= 0.3 is 0 Å². The van der Waals surface area contributed by atoms with Crippen LogP contribution in [-0.4, -0.2) is 25.2 Å². The van der Waals surface area contributed by atoms with Gasteiger partial charge in [-0.2, -0.15) is 4.31 Å². The summed E-state index contributed by atoms with van der Waals surface area (Å²) in [5, 5.41) is 3.43. The zero-order chi connectivity index (χ0) is 21.7. The van der Waals surface area contributed by atoms with E-state index in [-0.39, 0.29) is 13.1 Å². The maximum Gasteiger partial charge on any atom is 0.246 e. The SMILES string of the molecule is O=C(CN(Cc1ccco1)S(=O)(=O)c1ccccc1F)NCc1ccc(Cl)cc1Cl. The number of hydrogen-bond acceptors (Lipinski definition) is 4. The van der Waals surface area contributed by atoms with Gasteiger partial charge in [0, 0.05) is 16.6 Å². The number of hydrogen-bond donors (Lipinski definition) is 1. The van der Waals surface area contributed by atoms with Crippen LogP contribution in [0.5, 0.6) is 0 Å². The number of halogens is 3. The summed E-state index contributed by atoms with van der Waals surface area (Å²) in [6.07, 6.45) is 1.38. The van der Waals surface area contributed by atoms with E-state index in [2.05, 4.69) is 5.32 Å². The number of nitrogens with zero attached hydrogens (tertiary/aromatic N) is 1. The van der Waals surface area contributed by atoms with Crippen LogP contribution in [0.2, 0.25) is 10.0 Å². The van der Waals surface area contributed by atoms with Crippen LogP contribution in [0.25, 0.3) is 0 Å². The fourth-order valence-electron chi connectivity index (χ4n) is 2.67. The first-order valence-electron chi connectivity index (χ1n) is 8.75. The lowest BCUT2D eigenvalue weighted by Crippen LogP contribution is -2.40. The minimum absolute atomic E-state index is 0.0726. The molecule has 0 saturated heterocycles. The van der Waals surface area contributed by atoms with Crippen molar-refractivity contribution in [1.82, 2.24) is 9.62 Å². The molecule has 0 radical (unpaired) electrons. The van der Waals surface area contributed by atoms with Gasteiger partial charge in [-0.3, -0.25) is 4.79 Å². The van der Waals surface area contributed by atoms with E-state index in [0.717, 1.165) is 16.4 Å². The van der Waals surface area contributed by atoms with Gasteiger partial charge in [0.15, 0.2) is 0 Å². The summed E-state index contributed by atoms with van der Waals surface area (Å²) in [6, 6.07) is 12.9. The summed E-state index contributed by atoms with van der Waals surface area (Å²) in [6.45, 7) is -0.704. The molecule has 2 aromatic carbocycles. The van der Waals surface area contributed by atoms with Gasteiger partial charge in [0.2, 0.25) is 15.9 Å². The molecule has 30 heavy (non-hydrogen) atoms. The van der Waals surface area contributed by atoms with Gasteiger partial charge in [-0.1, -0.05) is 41.4 Å². The lowest BCUT2D eigenvalue weighted by atomic mass is 10.2. The van der Waals surface area contributed by atoms with Crippen LogP contribution in [0, 0.1) is 5.82 Å². The summed E-state index contributed by atoms with van der Waals surface area (Å²) in [4.78, 5) is 12.0. The monoisotopic (exact) mass is 470 g/mol. The molecule has 0 unspecified atom stereocenters. The molecule has 0 bridgehead atoms. The maximum absolute atomic E-state index is 14.2. The van der Waals surface area contributed by atoms with Gasteiger partial charge in [-0.25, -0.2) is 12.8 Å². The molecule has 0 atom stereocenters. The summed E-state index contributed by atoms with van der Waals surface area (Å²) in [5.41, 5.74) is 0.615. The van der Waals surface area contributed by atoms with Gasteiger partial charge in [-0.15, -0.1) is 0 Å². The fraction of sp³-hybridized carbons (Fsp3) is 0.150. The first-order chi connectivity index (χ1) is 14.3. The van der Waals surface area contributed by atoms with Crippen LogP contribution in [0.3, 0.4) is 0 Å². The van der Waals surface area contributed by atoms with E-state index in [0.29, 0.717) is 21.4 Å². The van der Waals surface area contributed by atoms with Crippen molar-refractivity contribution in [3.63, 3.8) is 0 Å². The van der Waals surface area contributed by atoms with Crippen LogP contribution >= 0.6 is 23.2 Å². The lowest BCUT2D eigenvalue weighted by Gasteiger charge is -2.21. The van der Waals surface area contributed by atoms with E-state index in [1.54, 1.807) is 24.3 Å². The zero-order valence-electron chi connectivity index (χ0n) is 15.5. The summed E-state index contributed by atoms with van der Waals surface area (Å²) >= 11 is 11.9. The average Bonchev–Trinajstić information content (AvgIpc) is 3.20. The number of carbonyl (C=O) groups is 1. The standard InChI is InChI=1S/C20H17Cl2FN2O4S/c21-15-8-7-14(17(22)10-15)11-24-20(26)13-25(12-16-4-3-9-29-16)30(27,28)19-6-2-1-5-18(19)23/h1-10H,11-13H2,(H,24,26). The first-order valence-corrected chi connectivity index (χ1v) is 10.9. The van der Waals surface area contributed by atoms with Crippen LogP contribution < -0.4 is 5.32 Å². The number of nitrogens with one attached hydrogen (secondary N) is 1. The Hall–Kier alpha value is -2.39. The molecule has 0 aliphatic heterocycles. The van der Waals surface area contributed by atoms with Crippen molar-refractivity contribution in [2.45, 2.75) is 18.0 Å². The third-order valence-electron chi connectivity index (χ3n) is 4.18. The first kappa shape index (κ1) is 22.3. The van der Waals surface area contributed by atoms with E-state index in [4.69, 9.17) is 27.6 Å². The second-order valence-electron chi connectivity index (χ2n) is 6.30. The van der Waals surface area contributed by atoms with Gasteiger partial charge in [0.05, 0.1) is 19.4 Å². The molecule has 1 aromatic heterocycles. The topological polar surface area (TPSA) is 79.6 Å². The minimum atomic E-state index is -4.31. The van der Waals surface area contributed by atoms with Crippen molar-refractivity contribution in [3.8, 4) is 0 Å². The molecule has 3 aromatic rings. The van der Waals surface area contributed by atoms with Crippen molar-refractivity contribution in [2.75, 3.05) is 6.54 Å².